The molecule has 0 bridgehead atoms. The minimum atomic E-state index is -0.0492. The molecule has 1 spiro atoms. The monoisotopic (exact) mass is 222 g/mol. The van der Waals surface area contributed by atoms with E-state index in [-0.39, 0.29) is 5.60 Å². The van der Waals surface area contributed by atoms with E-state index in [9.17, 15) is 4.79 Å². The molecule has 1 aliphatic heterocycles. The third-order valence-corrected chi connectivity index (χ3v) is 5.38. The Hall–Kier alpha value is -0.370. The van der Waals surface area contributed by atoms with Gasteiger partial charge in [-0.2, -0.15) is 0 Å². The molecule has 0 aromatic heterocycles. The number of Topliss-reactive ketones (excluding diaryl/α,β-unsaturated/α-hetero) is 1. The summed E-state index contributed by atoms with van der Waals surface area (Å²) < 4.78 is 6.18. The fourth-order valence-electron chi connectivity index (χ4n) is 4.58. The Morgan fingerprint density at radius 2 is 1.88 bits per heavy atom. The molecule has 0 aromatic carbocycles. The molecule has 2 heteroatoms. The van der Waals surface area contributed by atoms with Gasteiger partial charge in [0.15, 0.2) is 0 Å². The van der Waals surface area contributed by atoms with Gasteiger partial charge in [-0.15, -0.1) is 0 Å². The zero-order valence-corrected chi connectivity index (χ0v) is 10.4. The van der Waals surface area contributed by atoms with Crippen LogP contribution in [0.5, 0.6) is 0 Å². The minimum absolute atomic E-state index is 0.0492. The van der Waals surface area contributed by atoms with Crippen LogP contribution in [0.15, 0.2) is 0 Å². The van der Waals surface area contributed by atoms with Crippen LogP contribution in [-0.4, -0.2) is 18.0 Å². The summed E-state index contributed by atoms with van der Waals surface area (Å²) in [7, 11) is 0. The standard InChI is InChI=1S/C14H22O2/c1-9-3-5-13-10(2)8-16-14(13)7-11(15)4-6-12(9)14/h9-10,12-13H,3-8H2,1-2H3/t9-,10+,12+,13+,14-/m1/s1. The van der Waals surface area contributed by atoms with Crippen LogP contribution in [-0.2, 0) is 9.53 Å². The fraction of sp³-hybridized carbons (Fsp3) is 0.929. The maximum atomic E-state index is 11.8. The van der Waals surface area contributed by atoms with Gasteiger partial charge in [-0.25, -0.2) is 0 Å². The van der Waals surface area contributed by atoms with Crippen molar-refractivity contribution < 1.29 is 9.53 Å². The van der Waals surface area contributed by atoms with Crippen molar-refractivity contribution in [2.24, 2.45) is 23.7 Å². The molecule has 0 amide bonds. The number of hydrogen-bond acceptors (Lipinski definition) is 2. The molecule has 2 nitrogen and oxygen atoms in total. The second-order valence-electron chi connectivity index (χ2n) is 6.26. The molecule has 16 heavy (non-hydrogen) atoms. The highest BCUT2D eigenvalue weighted by Gasteiger charge is 2.58. The Morgan fingerprint density at radius 3 is 2.69 bits per heavy atom. The van der Waals surface area contributed by atoms with Crippen LogP contribution < -0.4 is 0 Å². The highest BCUT2D eigenvalue weighted by Crippen LogP contribution is 2.56. The molecule has 2 saturated carbocycles. The smallest absolute Gasteiger partial charge is 0.135 e. The van der Waals surface area contributed by atoms with Gasteiger partial charge in [-0.1, -0.05) is 13.8 Å². The summed E-state index contributed by atoms with van der Waals surface area (Å²) in [5.74, 6) is 3.13. The summed E-state index contributed by atoms with van der Waals surface area (Å²) in [5.41, 5.74) is -0.0492. The first-order valence-corrected chi connectivity index (χ1v) is 6.79. The van der Waals surface area contributed by atoms with Crippen LogP contribution in [0.1, 0.15) is 46.0 Å². The van der Waals surface area contributed by atoms with Gasteiger partial charge in [-0.05, 0) is 42.9 Å². The Balaban J connectivity index is 1.96. The summed E-state index contributed by atoms with van der Waals surface area (Å²) in [4.78, 5) is 11.8. The maximum Gasteiger partial charge on any atom is 0.135 e. The van der Waals surface area contributed by atoms with Crippen molar-refractivity contribution in [3.8, 4) is 0 Å². The highest BCUT2D eigenvalue weighted by atomic mass is 16.5. The van der Waals surface area contributed by atoms with Crippen LogP contribution >= 0.6 is 0 Å². The molecular weight excluding hydrogens is 200 g/mol. The molecule has 0 radical (unpaired) electrons. The topological polar surface area (TPSA) is 26.3 Å². The van der Waals surface area contributed by atoms with E-state index in [4.69, 9.17) is 4.74 Å². The van der Waals surface area contributed by atoms with E-state index in [2.05, 4.69) is 13.8 Å². The van der Waals surface area contributed by atoms with Crippen molar-refractivity contribution in [2.45, 2.75) is 51.6 Å². The van der Waals surface area contributed by atoms with E-state index >= 15 is 0 Å². The van der Waals surface area contributed by atoms with Crippen LogP contribution in [0.2, 0.25) is 0 Å². The maximum absolute atomic E-state index is 11.8. The molecule has 90 valence electrons. The van der Waals surface area contributed by atoms with Gasteiger partial charge >= 0.3 is 0 Å². The van der Waals surface area contributed by atoms with Crippen LogP contribution in [0.3, 0.4) is 0 Å². The van der Waals surface area contributed by atoms with E-state index < -0.39 is 0 Å². The van der Waals surface area contributed by atoms with E-state index in [0.29, 0.717) is 30.0 Å². The lowest BCUT2D eigenvalue weighted by Gasteiger charge is -2.51. The molecular formula is C14H22O2. The number of ether oxygens (including phenoxy) is 1. The van der Waals surface area contributed by atoms with Gasteiger partial charge in [0.05, 0.1) is 12.2 Å². The average molecular weight is 222 g/mol. The Kier molecular flexibility index (Phi) is 2.39. The van der Waals surface area contributed by atoms with Crippen molar-refractivity contribution in [2.75, 3.05) is 6.61 Å². The fourth-order valence-corrected chi connectivity index (χ4v) is 4.58. The lowest BCUT2D eigenvalue weighted by Crippen LogP contribution is -2.53. The van der Waals surface area contributed by atoms with Gasteiger partial charge in [0.1, 0.15) is 5.78 Å². The molecule has 5 atom stereocenters. The third-order valence-electron chi connectivity index (χ3n) is 5.38. The molecule has 0 unspecified atom stereocenters. The van der Waals surface area contributed by atoms with E-state index in [1.54, 1.807) is 0 Å². The molecule has 2 aliphatic carbocycles. The average Bonchev–Trinajstić information content (AvgIpc) is 2.55. The summed E-state index contributed by atoms with van der Waals surface area (Å²) in [6.45, 7) is 5.53. The zero-order valence-electron chi connectivity index (χ0n) is 10.4. The molecule has 3 rings (SSSR count). The van der Waals surface area contributed by atoms with E-state index in [1.165, 1.54) is 12.8 Å². The SMILES string of the molecule is C[C@@H]1CC[C@H]2[C@@H](C)CO[C@@]23CC(=O)CC[C@@H]13. The number of ketones is 1. The molecule has 0 N–H and O–H groups in total. The normalized spacial score (nSPS) is 52.2. The Labute approximate surface area is 97.7 Å². The quantitative estimate of drug-likeness (QED) is 0.630. The van der Waals surface area contributed by atoms with Crippen molar-refractivity contribution >= 4 is 5.78 Å². The van der Waals surface area contributed by atoms with Crippen molar-refractivity contribution in [1.82, 2.24) is 0 Å². The predicted octanol–water partition coefficient (Wildman–Crippen LogP) is 2.81. The summed E-state index contributed by atoms with van der Waals surface area (Å²) in [5, 5.41) is 0. The third kappa shape index (κ3) is 1.32. The number of carbonyl (C=O) groups excluding carboxylic acids is 1. The largest absolute Gasteiger partial charge is 0.374 e. The van der Waals surface area contributed by atoms with Crippen molar-refractivity contribution in [3.05, 3.63) is 0 Å². The molecule has 3 aliphatic rings. The van der Waals surface area contributed by atoms with Crippen LogP contribution in [0.25, 0.3) is 0 Å². The zero-order chi connectivity index (χ0) is 11.3. The predicted molar refractivity (Wildman–Crippen MR) is 62.1 cm³/mol. The van der Waals surface area contributed by atoms with Gasteiger partial charge in [0.25, 0.3) is 0 Å². The minimum Gasteiger partial charge on any atom is -0.374 e. The van der Waals surface area contributed by atoms with E-state index in [1.807, 2.05) is 0 Å². The number of carbonyl (C=O) groups is 1. The molecule has 0 aromatic rings. The van der Waals surface area contributed by atoms with Crippen LogP contribution in [0.4, 0.5) is 0 Å². The first-order valence-electron chi connectivity index (χ1n) is 6.79. The lowest BCUT2D eigenvalue weighted by molar-refractivity contribution is -0.152. The molecule has 1 heterocycles. The lowest BCUT2D eigenvalue weighted by atomic mass is 9.57. The first kappa shape index (κ1) is 10.8. The summed E-state index contributed by atoms with van der Waals surface area (Å²) in [6, 6.07) is 0. The van der Waals surface area contributed by atoms with Gasteiger partial charge < -0.3 is 4.74 Å². The molecule has 1 saturated heterocycles. The van der Waals surface area contributed by atoms with Crippen molar-refractivity contribution in [3.63, 3.8) is 0 Å². The second kappa shape index (κ2) is 3.56. The number of rotatable bonds is 0. The Morgan fingerprint density at radius 1 is 1.12 bits per heavy atom. The summed E-state index contributed by atoms with van der Waals surface area (Å²) >= 11 is 0. The van der Waals surface area contributed by atoms with Crippen molar-refractivity contribution in [1.29, 1.82) is 0 Å². The highest BCUT2D eigenvalue weighted by molar-refractivity contribution is 5.80. The number of hydrogen-bond donors (Lipinski definition) is 0. The molecule has 3 fully saturated rings. The second-order valence-corrected chi connectivity index (χ2v) is 6.26. The van der Waals surface area contributed by atoms with Gasteiger partial charge in [0.2, 0.25) is 0 Å². The first-order chi connectivity index (χ1) is 7.63. The van der Waals surface area contributed by atoms with Crippen LogP contribution in [0, 0.1) is 23.7 Å². The van der Waals surface area contributed by atoms with Gasteiger partial charge in [-0.3, -0.25) is 4.79 Å². The van der Waals surface area contributed by atoms with E-state index in [0.717, 1.165) is 25.4 Å². The van der Waals surface area contributed by atoms with Gasteiger partial charge in [0, 0.05) is 12.8 Å². The summed E-state index contributed by atoms with van der Waals surface area (Å²) in [6.07, 6.45) is 5.17. The Bertz CT molecular complexity index is 312.